The number of benzene rings is 1. The fraction of sp³-hybridized carbons (Fsp3) is 0.562. The topological polar surface area (TPSA) is 78.5 Å². The van der Waals surface area contributed by atoms with Crippen molar-refractivity contribution in [2.75, 3.05) is 19.3 Å². The van der Waals surface area contributed by atoms with Crippen LogP contribution >= 0.6 is 0 Å². The quantitative estimate of drug-likeness (QED) is 0.791. The fourth-order valence-electron chi connectivity index (χ4n) is 2.81. The van der Waals surface area contributed by atoms with Gasteiger partial charge in [-0.1, -0.05) is 12.1 Å². The zero-order valence-corrected chi connectivity index (χ0v) is 14.8. The molecule has 1 amide bonds. The number of carbonyl (C=O) groups is 1. The van der Waals surface area contributed by atoms with E-state index in [1.54, 1.807) is 12.1 Å². The van der Waals surface area contributed by atoms with Crippen LogP contribution in [-0.2, 0) is 21.4 Å². The second-order valence-electron chi connectivity index (χ2n) is 6.22. The van der Waals surface area contributed by atoms with Gasteiger partial charge in [-0.15, -0.1) is 0 Å². The molecule has 1 aromatic rings. The Labute approximate surface area is 142 Å². The van der Waals surface area contributed by atoms with Crippen LogP contribution in [0.1, 0.15) is 25.3 Å². The van der Waals surface area contributed by atoms with E-state index >= 15 is 0 Å². The molecule has 0 aliphatic carbocycles. The van der Waals surface area contributed by atoms with Crippen molar-refractivity contribution < 1.29 is 17.6 Å². The molecule has 1 aromatic carbocycles. The first-order chi connectivity index (χ1) is 11.2. The van der Waals surface area contributed by atoms with Crippen molar-refractivity contribution in [3.05, 3.63) is 35.6 Å². The van der Waals surface area contributed by atoms with Crippen molar-refractivity contribution in [1.82, 2.24) is 14.9 Å². The molecule has 1 aliphatic rings. The summed E-state index contributed by atoms with van der Waals surface area (Å²) >= 11 is 0. The highest BCUT2D eigenvalue weighted by Crippen LogP contribution is 2.14. The molecule has 1 fully saturated rings. The van der Waals surface area contributed by atoms with Crippen LogP contribution in [0.5, 0.6) is 0 Å². The van der Waals surface area contributed by atoms with Gasteiger partial charge >= 0.3 is 0 Å². The third kappa shape index (κ3) is 5.85. The average Bonchev–Trinajstić information content (AvgIpc) is 2.52. The molecule has 6 nitrogen and oxygen atoms in total. The smallest absolute Gasteiger partial charge is 0.237 e. The van der Waals surface area contributed by atoms with Crippen LogP contribution in [0.2, 0.25) is 0 Å². The van der Waals surface area contributed by atoms with E-state index in [-0.39, 0.29) is 23.8 Å². The summed E-state index contributed by atoms with van der Waals surface area (Å²) in [5, 5.41) is 2.85. The Morgan fingerprint density at radius 1 is 1.29 bits per heavy atom. The monoisotopic (exact) mass is 357 g/mol. The van der Waals surface area contributed by atoms with Crippen LogP contribution in [0.3, 0.4) is 0 Å². The minimum atomic E-state index is -3.19. The molecule has 2 N–H and O–H groups in total. The maximum absolute atomic E-state index is 12.9. The predicted molar refractivity (Wildman–Crippen MR) is 90.3 cm³/mol. The van der Waals surface area contributed by atoms with Gasteiger partial charge in [-0.05, 0) is 37.5 Å². The number of nitrogens with one attached hydrogen (secondary N) is 2. The van der Waals surface area contributed by atoms with Crippen molar-refractivity contribution in [2.45, 2.75) is 38.4 Å². The number of likely N-dealkylation sites (tertiary alicyclic amines) is 1. The summed E-state index contributed by atoms with van der Waals surface area (Å²) in [5.41, 5.74) is 0.841. The van der Waals surface area contributed by atoms with Crippen LogP contribution < -0.4 is 10.0 Å². The first-order valence-electron chi connectivity index (χ1n) is 7.98. The molecule has 0 radical (unpaired) electrons. The highest BCUT2D eigenvalue weighted by Gasteiger charge is 2.27. The SMILES string of the molecule is CC(C(=O)NCc1ccc(F)cc1)N1CCC(NS(C)(=O)=O)CC1. The minimum Gasteiger partial charge on any atom is -0.351 e. The number of hydrogen-bond donors (Lipinski definition) is 2. The molecular formula is C16H24FN3O3S. The van der Waals surface area contributed by atoms with E-state index in [1.807, 2.05) is 11.8 Å². The third-order valence-corrected chi connectivity index (χ3v) is 4.98. The normalized spacial score (nSPS) is 18.3. The predicted octanol–water partition coefficient (Wildman–Crippen LogP) is 0.844. The number of rotatable bonds is 6. The Morgan fingerprint density at radius 2 is 1.88 bits per heavy atom. The van der Waals surface area contributed by atoms with Crippen molar-refractivity contribution in [3.63, 3.8) is 0 Å². The molecule has 0 spiro atoms. The van der Waals surface area contributed by atoms with Gasteiger partial charge in [0, 0.05) is 25.7 Å². The summed E-state index contributed by atoms with van der Waals surface area (Å²) in [6, 6.07) is 5.66. The van der Waals surface area contributed by atoms with Crippen molar-refractivity contribution in [2.24, 2.45) is 0 Å². The number of piperidine rings is 1. The zero-order valence-electron chi connectivity index (χ0n) is 14.0. The molecule has 0 aromatic heterocycles. The Balaban J connectivity index is 1.78. The summed E-state index contributed by atoms with van der Waals surface area (Å²) in [4.78, 5) is 14.3. The molecule has 24 heavy (non-hydrogen) atoms. The lowest BCUT2D eigenvalue weighted by molar-refractivity contribution is -0.126. The minimum absolute atomic E-state index is 0.0641. The summed E-state index contributed by atoms with van der Waals surface area (Å²) in [6.07, 6.45) is 2.52. The van der Waals surface area contributed by atoms with E-state index in [0.29, 0.717) is 32.5 Å². The lowest BCUT2D eigenvalue weighted by atomic mass is 10.0. The van der Waals surface area contributed by atoms with Gasteiger partial charge in [0.1, 0.15) is 5.82 Å². The molecule has 134 valence electrons. The Hall–Kier alpha value is -1.51. The second-order valence-corrected chi connectivity index (χ2v) is 8.00. The molecule has 1 aliphatic heterocycles. The third-order valence-electron chi connectivity index (χ3n) is 4.22. The van der Waals surface area contributed by atoms with Gasteiger partial charge < -0.3 is 5.32 Å². The van der Waals surface area contributed by atoms with Gasteiger partial charge in [-0.3, -0.25) is 9.69 Å². The van der Waals surface area contributed by atoms with Gasteiger partial charge in [0.15, 0.2) is 0 Å². The Morgan fingerprint density at radius 3 is 2.42 bits per heavy atom. The molecule has 1 atom stereocenters. The highest BCUT2D eigenvalue weighted by atomic mass is 32.2. The van der Waals surface area contributed by atoms with E-state index in [1.165, 1.54) is 12.1 Å². The summed E-state index contributed by atoms with van der Waals surface area (Å²) in [7, 11) is -3.19. The van der Waals surface area contributed by atoms with E-state index in [4.69, 9.17) is 0 Å². The lowest BCUT2D eigenvalue weighted by Crippen LogP contribution is -2.51. The summed E-state index contributed by atoms with van der Waals surface area (Å²) in [6.45, 7) is 3.52. The second kappa shape index (κ2) is 8.04. The summed E-state index contributed by atoms with van der Waals surface area (Å²) < 4.78 is 38.0. The molecule has 1 heterocycles. The summed E-state index contributed by atoms with van der Waals surface area (Å²) in [5.74, 6) is -0.391. The van der Waals surface area contributed by atoms with Crippen LogP contribution in [-0.4, -0.2) is 50.7 Å². The number of halogens is 1. The molecule has 8 heteroatoms. The van der Waals surface area contributed by atoms with Crippen LogP contribution in [0.15, 0.2) is 24.3 Å². The maximum atomic E-state index is 12.9. The van der Waals surface area contributed by atoms with E-state index in [2.05, 4.69) is 10.0 Å². The standard InChI is InChI=1S/C16H24FN3O3S/c1-12(16(21)18-11-13-3-5-14(17)6-4-13)20-9-7-15(8-10-20)19-24(2,22)23/h3-6,12,15,19H,7-11H2,1-2H3,(H,18,21). The van der Waals surface area contributed by atoms with E-state index < -0.39 is 10.0 Å². The molecule has 1 saturated heterocycles. The van der Waals surface area contributed by atoms with Crippen molar-refractivity contribution in [3.8, 4) is 0 Å². The highest BCUT2D eigenvalue weighted by molar-refractivity contribution is 7.88. The number of hydrogen-bond acceptors (Lipinski definition) is 4. The van der Waals surface area contributed by atoms with Gasteiger partial charge in [0.25, 0.3) is 0 Å². The van der Waals surface area contributed by atoms with Gasteiger partial charge in [-0.2, -0.15) is 0 Å². The molecule has 1 unspecified atom stereocenters. The Bertz CT molecular complexity index is 656. The average molecular weight is 357 g/mol. The number of sulfonamides is 1. The van der Waals surface area contributed by atoms with Gasteiger partial charge in [0.05, 0.1) is 12.3 Å². The largest absolute Gasteiger partial charge is 0.351 e. The lowest BCUT2D eigenvalue weighted by Gasteiger charge is -2.35. The van der Waals surface area contributed by atoms with Gasteiger partial charge in [-0.25, -0.2) is 17.5 Å². The Kier molecular flexibility index (Phi) is 6.31. The first-order valence-corrected chi connectivity index (χ1v) is 9.87. The van der Waals surface area contributed by atoms with Crippen molar-refractivity contribution in [1.29, 1.82) is 0 Å². The van der Waals surface area contributed by atoms with E-state index in [9.17, 15) is 17.6 Å². The molecule has 0 bridgehead atoms. The van der Waals surface area contributed by atoms with Gasteiger partial charge in [0.2, 0.25) is 15.9 Å². The fourth-order valence-corrected chi connectivity index (χ4v) is 3.65. The van der Waals surface area contributed by atoms with Crippen LogP contribution in [0.4, 0.5) is 4.39 Å². The van der Waals surface area contributed by atoms with Crippen LogP contribution in [0, 0.1) is 5.82 Å². The zero-order chi connectivity index (χ0) is 17.7. The number of amides is 1. The maximum Gasteiger partial charge on any atom is 0.237 e. The molecule has 2 rings (SSSR count). The number of nitrogens with zero attached hydrogens (tertiary/aromatic N) is 1. The molecule has 0 saturated carbocycles. The van der Waals surface area contributed by atoms with Crippen LogP contribution in [0.25, 0.3) is 0 Å². The molecular weight excluding hydrogens is 333 g/mol. The van der Waals surface area contributed by atoms with Crippen molar-refractivity contribution >= 4 is 15.9 Å². The first kappa shape index (κ1) is 18.8. The number of carbonyl (C=O) groups excluding carboxylic acids is 1. The van der Waals surface area contributed by atoms with E-state index in [0.717, 1.165) is 11.8 Å².